The number of phosphoric ester groups is 2. The van der Waals surface area contributed by atoms with Crippen LogP contribution in [0.3, 0.4) is 0 Å². The molecule has 0 amide bonds. The Morgan fingerprint density at radius 1 is 0.276 bits per heavy atom. The van der Waals surface area contributed by atoms with E-state index in [-0.39, 0.29) is 19.3 Å². The summed E-state index contributed by atoms with van der Waals surface area (Å²) in [6, 6.07) is 0. The summed E-state index contributed by atoms with van der Waals surface area (Å²) in [5.41, 5.74) is 0. The Hall–Kier alpha value is -4.05. The molecule has 0 spiro atoms. The first kappa shape index (κ1) is 101. The molecule has 5 unspecified atom stereocenters. The van der Waals surface area contributed by atoms with E-state index < -0.39 is 91.5 Å². The molecule has 105 heavy (non-hydrogen) atoms. The van der Waals surface area contributed by atoms with Crippen molar-refractivity contribution in [2.24, 2.45) is 0 Å². The second-order valence-electron chi connectivity index (χ2n) is 27.9. The van der Waals surface area contributed by atoms with Gasteiger partial charge in [-0.3, -0.25) is 32.5 Å². The normalized spacial score (nSPS) is 14.5. The second kappa shape index (κ2) is 79.5. The number of unbranched alkanes of at least 4 members (excludes halogenated alkanes) is 36. The van der Waals surface area contributed by atoms with Crippen molar-refractivity contribution in [1.82, 2.24) is 0 Å². The van der Waals surface area contributed by atoms with E-state index in [1.54, 1.807) is 0 Å². The van der Waals surface area contributed by atoms with Gasteiger partial charge in [-0.05, 0) is 109 Å². The first-order valence-electron chi connectivity index (χ1n) is 41.8. The van der Waals surface area contributed by atoms with Crippen LogP contribution in [-0.4, -0.2) is 95.9 Å². The van der Waals surface area contributed by atoms with Gasteiger partial charge in [-0.25, -0.2) is 9.13 Å². The molecule has 0 heterocycles. The van der Waals surface area contributed by atoms with E-state index in [0.717, 1.165) is 128 Å². The van der Waals surface area contributed by atoms with E-state index in [1.807, 2.05) is 0 Å². The highest BCUT2D eigenvalue weighted by atomic mass is 31.2. The third-order valence-corrected chi connectivity index (χ3v) is 19.6. The highest BCUT2D eigenvalue weighted by molar-refractivity contribution is 7.47. The lowest BCUT2D eigenvalue weighted by atomic mass is 10.0. The zero-order valence-corrected chi connectivity index (χ0v) is 68.2. The molecule has 0 rings (SSSR count). The smallest absolute Gasteiger partial charge is 0.463 e. The molecule has 0 aliphatic rings. The summed E-state index contributed by atoms with van der Waals surface area (Å²) in [7, 11) is -9.79. The van der Waals surface area contributed by atoms with Crippen molar-refractivity contribution in [1.29, 1.82) is 0 Å². The lowest BCUT2D eigenvalue weighted by Gasteiger charge is -2.21. The monoisotopic (exact) mass is 1520 g/mol. The Labute approximate surface area is 640 Å². The number of aliphatic hydroxyl groups is 2. The van der Waals surface area contributed by atoms with Crippen LogP contribution in [0.15, 0.2) is 122 Å². The van der Waals surface area contributed by atoms with Gasteiger partial charge in [0.05, 0.1) is 26.4 Å². The summed E-state index contributed by atoms with van der Waals surface area (Å²) < 4.78 is 61.2. The average molecular weight is 1520 g/mol. The van der Waals surface area contributed by atoms with Crippen molar-refractivity contribution in [2.45, 2.75) is 373 Å². The van der Waals surface area contributed by atoms with Gasteiger partial charge in [0.25, 0.3) is 0 Å². The Balaban J connectivity index is 4.40. The van der Waals surface area contributed by atoms with Crippen molar-refractivity contribution in [3.05, 3.63) is 122 Å². The van der Waals surface area contributed by atoms with Crippen LogP contribution in [-0.2, 0) is 55.8 Å². The maximum atomic E-state index is 13.0. The van der Waals surface area contributed by atoms with Gasteiger partial charge in [0.15, 0.2) is 6.10 Å². The molecule has 0 saturated carbocycles. The topological polar surface area (TPSA) is 231 Å². The number of aliphatic hydroxyl groups excluding tert-OH is 2. The van der Waals surface area contributed by atoms with Crippen LogP contribution in [0.5, 0.6) is 0 Å². The summed E-state index contributed by atoms with van der Waals surface area (Å²) in [4.78, 5) is 58.7. The molecule has 18 heteroatoms. The number of carbonyl (C=O) groups excluding carboxylic acids is 3. The van der Waals surface area contributed by atoms with E-state index >= 15 is 0 Å². The molecule has 0 aliphatic carbocycles. The molecule has 0 radical (unpaired) electrons. The largest absolute Gasteiger partial charge is 0.472 e. The number of hydrogen-bond donors (Lipinski definition) is 4. The number of carbonyl (C=O) groups is 3. The minimum Gasteiger partial charge on any atom is -0.463 e. The molecule has 0 saturated heterocycles. The molecule has 4 N–H and O–H groups in total. The van der Waals surface area contributed by atoms with Crippen LogP contribution < -0.4 is 0 Å². The zero-order chi connectivity index (χ0) is 76.6. The molecule has 0 bridgehead atoms. The van der Waals surface area contributed by atoms with E-state index in [4.69, 9.17) is 32.3 Å². The third kappa shape index (κ3) is 80.8. The number of rotatable bonds is 79. The molecule has 0 aromatic rings. The van der Waals surface area contributed by atoms with Crippen molar-refractivity contribution < 1.29 is 75.8 Å². The molecule has 606 valence electrons. The van der Waals surface area contributed by atoms with Gasteiger partial charge in [0.1, 0.15) is 25.4 Å². The fourth-order valence-electron chi connectivity index (χ4n) is 11.4. The van der Waals surface area contributed by atoms with E-state index in [1.165, 1.54) is 167 Å². The molecular weight excluding hydrogens is 1360 g/mol. The van der Waals surface area contributed by atoms with Gasteiger partial charge in [-0.1, -0.05) is 348 Å². The summed E-state index contributed by atoms with van der Waals surface area (Å²) in [6.45, 7) is 2.46. The van der Waals surface area contributed by atoms with Crippen molar-refractivity contribution >= 4 is 33.6 Å². The number of allylic oxidation sites excluding steroid dienone is 20. The number of ether oxygens (including phenoxy) is 3. The first-order chi connectivity index (χ1) is 51.2. The Kier molecular flexibility index (Phi) is 76.4. The van der Waals surface area contributed by atoms with Gasteiger partial charge < -0.3 is 34.2 Å². The summed E-state index contributed by atoms with van der Waals surface area (Å²) in [5, 5.41) is 20.7. The lowest BCUT2D eigenvalue weighted by molar-refractivity contribution is -0.161. The molecule has 0 fully saturated rings. The SMILES string of the molecule is CC/C=C\C/C=C\C/C=C\C/C=C\C/C=C\CCCCCCCCCCCCCCCCCCCCCC(=O)OCC(O)COP(=O)(O)OCC(O)COP(=O)(O)OCC(COC(=O)CCCCC/C=C\C/C=C\C/C=C\C/C=C\C/C=C\CC)OC(=O)CCCCCCCCCCCCCCCCC. The standard InChI is InChI=1S/C87H152O16P2/c1-4-7-10-13-16-19-22-25-28-30-32-33-34-35-36-37-38-39-40-41-42-43-44-45-46-47-49-51-53-55-58-61-64-67-70-73-85(90)97-76-82(88)77-99-104(93,94)100-78-83(89)79-101-105(95,96)102-81-84(103-87(92)75-72-69-66-63-60-57-52-27-24-21-18-15-12-9-6-3)80-98-86(91)74-71-68-65-62-59-56-54-50-48-31-29-26-23-20-17-14-11-8-5-2/h7-8,10-11,16-17,19-20,25-26,28-29,32-33,35-36,48,50,56,59,82-84,88-89H,4-6,9,12-15,18,21-24,27,30-31,34,37-47,49,51-55,57-58,60-81H2,1-3H3,(H,93,94)(H,95,96)/b10-7-,11-8-,19-16-,20-17-,28-25-,29-26-,33-32-,36-35-,50-48-,59-56-. The van der Waals surface area contributed by atoms with Crippen LogP contribution in [0.1, 0.15) is 355 Å². The van der Waals surface area contributed by atoms with Gasteiger partial charge in [0.2, 0.25) is 0 Å². The van der Waals surface area contributed by atoms with Crippen LogP contribution in [0.2, 0.25) is 0 Å². The van der Waals surface area contributed by atoms with Crippen LogP contribution in [0, 0.1) is 0 Å². The fourth-order valence-corrected chi connectivity index (χ4v) is 13.0. The maximum Gasteiger partial charge on any atom is 0.472 e. The quantitative estimate of drug-likeness (QED) is 0.0146. The second-order valence-corrected chi connectivity index (χ2v) is 30.8. The molecule has 0 aromatic carbocycles. The number of phosphoric acid groups is 2. The maximum absolute atomic E-state index is 13.0. The Morgan fingerprint density at radius 2 is 0.505 bits per heavy atom. The van der Waals surface area contributed by atoms with E-state index in [2.05, 4.69) is 142 Å². The zero-order valence-electron chi connectivity index (χ0n) is 66.4. The van der Waals surface area contributed by atoms with E-state index in [0.29, 0.717) is 19.3 Å². The lowest BCUT2D eigenvalue weighted by Crippen LogP contribution is -2.30. The first-order valence-corrected chi connectivity index (χ1v) is 44.8. The van der Waals surface area contributed by atoms with Gasteiger partial charge in [-0.2, -0.15) is 0 Å². The minimum atomic E-state index is -4.94. The van der Waals surface area contributed by atoms with Crippen molar-refractivity contribution in [2.75, 3.05) is 39.6 Å². The molecule has 0 aromatic heterocycles. The number of esters is 3. The Morgan fingerprint density at radius 3 is 0.810 bits per heavy atom. The summed E-state index contributed by atoms with van der Waals surface area (Å²) >= 11 is 0. The predicted molar refractivity (Wildman–Crippen MR) is 436 cm³/mol. The van der Waals surface area contributed by atoms with Gasteiger partial charge in [-0.15, -0.1) is 0 Å². The minimum absolute atomic E-state index is 0.0997. The molecule has 0 aliphatic heterocycles. The molecular formula is C87H152O16P2. The predicted octanol–water partition coefficient (Wildman–Crippen LogP) is 24.9. The van der Waals surface area contributed by atoms with E-state index in [9.17, 15) is 43.5 Å². The van der Waals surface area contributed by atoms with Crippen molar-refractivity contribution in [3.8, 4) is 0 Å². The van der Waals surface area contributed by atoms with Crippen LogP contribution in [0.25, 0.3) is 0 Å². The number of hydrogen-bond acceptors (Lipinski definition) is 14. The average Bonchev–Trinajstić information content (AvgIpc) is 0.942. The van der Waals surface area contributed by atoms with Gasteiger partial charge >= 0.3 is 33.6 Å². The fraction of sp³-hybridized carbons (Fsp3) is 0.736. The third-order valence-electron chi connectivity index (χ3n) is 17.7. The van der Waals surface area contributed by atoms with Crippen molar-refractivity contribution in [3.63, 3.8) is 0 Å². The highest BCUT2D eigenvalue weighted by Gasteiger charge is 2.29. The molecule has 16 nitrogen and oxygen atoms in total. The van der Waals surface area contributed by atoms with Crippen LogP contribution >= 0.6 is 15.6 Å². The Bertz CT molecular complexity index is 2390. The summed E-state index contributed by atoms with van der Waals surface area (Å²) in [6.07, 6.45) is 95.5. The highest BCUT2D eigenvalue weighted by Crippen LogP contribution is 2.45. The van der Waals surface area contributed by atoms with Gasteiger partial charge in [0, 0.05) is 19.3 Å². The summed E-state index contributed by atoms with van der Waals surface area (Å²) in [5.74, 6) is -1.60. The van der Waals surface area contributed by atoms with Crippen LogP contribution in [0.4, 0.5) is 0 Å². The molecule has 5 atom stereocenters.